The van der Waals surface area contributed by atoms with Gasteiger partial charge in [0.2, 0.25) is 5.82 Å². The van der Waals surface area contributed by atoms with E-state index in [-0.39, 0.29) is 30.3 Å². The van der Waals surface area contributed by atoms with Crippen LogP contribution in [0.3, 0.4) is 0 Å². The van der Waals surface area contributed by atoms with E-state index in [1.807, 2.05) is 0 Å². The number of carboxylic acids is 1. The third-order valence-electron chi connectivity index (χ3n) is 3.22. The van der Waals surface area contributed by atoms with Gasteiger partial charge in [-0.15, -0.1) is 0 Å². The highest BCUT2D eigenvalue weighted by atomic mass is 19.1. The molecule has 0 atom stereocenters. The van der Waals surface area contributed by atoms with Gasteiger partial charge in [-0.1, -0.05) is 29.4 Å². The maximum atomic E-state index is 13.7. The molecular weight excluding hydrogens is 315 g/mol. The topological polar surface area (TPSA) is 85.5 Å². The lowest BCUT2D eigenvalue weighted by molar-refractivity contribution is -0.136. The Bertz CT molecular complexity index is 846. The van der Waals surface area contributed by atoms with E-state index in [1.165, 1.54) is 6.07 Å². The molecule has 24 heavy (non-hydrogen) atoms. The van der Waals surface area contributed by atoms with Crippen molar-refractivity contribution in [2.45, 2.75) is 13.0 Å². The zero-order valence-electron chi connectivity index (χ0n) is 12.5. The molecule has 0 unspecified atom stereocenters. The summed E-state index contributed by atoms with van der Waals surface area (Å²) in [6.45, 7) is 0.0275. The SMILES string of the molecule is O=C(O)Cc1ccc(OCc2nc(-c3ccccc3F)no2)cc1. The Kier molecular flexibility index (Phi) is 4.51. The van der Waals surface area contributed by atoms with E-state index >= 15 is 0 Å². The second-order valence-electron chi connectivity index (χ2n) is 4.99. The lowest BCUT2D eigenvalue weighted by Crippen LogP contribution is -2.00. The lowest BCUT2D eigenvalue weighted by atomic mass is 10.1. The summed E-state index contributed by atoms with van der Waals surface area (Å²) in [4.78, 5) is 14.7. The number of ether oxygens (including phenoxy) is 1. The van der Waals surface area contributed by atoms with Crippen molar-refractivity contribution in [2.75, 3.05) is 0 Å². The van der Waals surface area contributed by atoms with E-state index in [9.17, 15) is 9.18 Å². The Morgan fingerprint density at radius 3 is 2.62 bits per heavy atom. The normalized spacial score (nSPS) is 10.5. The second-order valence-corrected chi connectivity index (χ2v) is 4.99. The van der Waals surface area contributed by atoms with E-state index in [0.717, 1.165) is 0 Å². The Labute approximate surface area is 136 Å². The Balaban J connectivity index is 1.63. The third kappa shape index (κ3) is 3.75. The van der Waals surface area contributed by atoms with Crippen molar-refractivity contribution in [3.63, 3.8) is 0 Å². The minimum Gasteiger partial charge on any atom is -0.484 e. The average molecular weight is 328 g/mol. The maximum Gasteiger partial charge on any atom is 0.307 e. The molecule has 122 valence electrons. The van der Waals surface area contributed by atoms with E-state index in [1.54, 1.807) is 42.5 Å². The van der Waals surface area contributed by atoms with Gasteiger partial charge in [-0.3, -0.25) is 4.79 Å². The molecule has 1 N–H and O–H groups in total. The first-order valence-electron chi connectivity index (χ1n) is 7.13. The fourth-order valence-corrected chi connectivity index (χ4v) is 2.09. The largest absolute Gasteiger partial charge is 0.484 e. The summed E-state index contributed by atoms with van der Waals surface area (Å²) >= 11 is 0. The Morgan fingerprint density at radius 1 is 1.17 bits per heavy atom. The van der Waals surface area contributed by atoms with E-state index in [4.69, 9.17) is 14.4 Å². The van der Waals surface area contributed by atoms with Crippen LogP contribution in [0.4, 0.5) is 4.39 Å². The van der Waals surface area contributed by atoms with Gasteiger partial charge in [0.25, 0.3) is 5.89 Å². The molecule has 0 spiro atoms. The Morgan fingerprint density at radius 2 is 1.92 bits per heavy atom. The molecule has 0 saturated heterocycles. The molecule has 6 nitrogen and oxygen atoms in total. The number of benzene rings is 2. The highest BCUT2D eigenvalue weighted by molar-refractivity contribution is 5.70. The van der Waals surface area contributed by atoms with E-state index in [2.05, 4.69) is 10.1 Å². The van der Waals surface area contributed by atoms with Crippen molar-refractivity contribution >= 4 is 5.97 Å². The first-order chi connectivity index (χ1) is 11.6. The van der Waals surface area contributed by atoms with Crippen LogP contribution >= 0.6 is 0 Å². The van der Waals surface area contributed by atoms with Crippen molar-refractivity contribution in [3.8, 4) is 17.1 Å². The van der Waals surface area contributed by atoms with Gasteiger partial charge >= 0.3 is 5.97 Å². The molecule has 2 aromatic carbocycles. The zero-order chi connectivity index (χ0) is 16.9. The monoisotopic (exact) mass is 328 g/mol. The minimum absolute atomic E-state index is 0.0275. The van der Waals surface area contributed by atoms with Gasteiger partial charge in [0.15, 0.2) is 6.61 Å². The van der Waals surface area contributed by atoms with E-state index in [0.29, 0.717) is 11.3 Å². The molecule has 3 rings (SSSR count). The zero-order valence-corrected chi connectivity index (χ0v) is 12.5. The van der Waals surface area contributed by atoms with Crippen molar-refractivity contribution in [1.29, 1.82) is 0 Å². The van der Waals surface area contributed by atoms with Gasteiger partial charge in [-0.05, 0) is 29.8 Å². The maximum absolute atomic E-state index is 13.7. The molecular formula is C17H13FN2O4. The van der Waals surface area contributed by atoms with Crippen LogP contribution in [0.1, 0.15) is 11.5 Å². The van der Waals surface area contributed by atoms with Crippen LogP contribution < -0.4 is 4.74 Å². The summed E-state index contributed by atoms with van der Waals surface area (Å²) in [5.41, 5.74) is 0.931. The summed E-state index contributed by atoms with van der Waals surface area (Å²) in [6.07, 6.45) is -0.0457. The summed E-state index contributed by atoms with van der Waals surface area (Å²) in [7, 11) is 0. The molecule has 0 saturated carbocycles. The fraction of sp³-hybridized carbons (Fsp3) is 0.118. The number of carbonyl (C=O) groups is 1. The van der Waals surface area contributed by atoms with Gasteiger partial charge in [-0.2, -0.15) is 4.98 Å². The first-order valence-corrected chi connectivity index (χ1v) is 7.13. The molecule has 3 aromatic rings. The first kappa shape index (κ1) is 15.7. The fourth-order valence-electron chi connectivity index (χ4n) is 2.09. The predicted molar refractivity (Wildman–Crippen MR) is 81.8 cm³/mol. The van der Waals surface area contributed by atoms with Crippen LogP contribution in [0.5, 0.6) is 5.75 Å². The molecule has 0 bridgehead atoms. The van der Waals surface area contributed by atoms with Crippen molar-refractivity contribution < 1.29 is 23.6 Å². The predicted octanol–water partition coefficient (Wildman–Crippen LogP) is 3.08. The summed E-state index contributed by atoms with van der Waals surface area (Å²) < 4.78 is 24.2. The molecule has 0 aliphatic rings. The quantitative estimate of drug-likeness (QED) is 0.748. The lowest BCUT2D eigenvalue weighted by Gasteiger charge is -2.03. The highest BCUT2D eigenvalue weighted by Gasteiger charge is 2.12. The molecule has 7 heteroatoms. The van der Waals surface area contributed by atoms with Gasteiger partial charge in [0.05, 0.1) is 12.0 Å². The second kappa shape index (κ2) is 6.91. The third-order valence-corrected chi connectivity index (χ3v) is 3.22. The molecule has 0 aliphatic carbocycles. The van der Waals surface area contributed by atoms with Crippen LogP contribution in [0, 0.1) is 5.82 Å². The van der Waals surface area contributed by atoms with Crippen molar-refractivity contribution in [2.24, 2.45) is 0 Å². The molecule has 0 aliphatic heterocycles. The number of hydrogen-bond donors (Lipinski definition) is 1. The molecule has 1 heterocycles. The van der Waals surface area contributed by atoms with Gasteiger partial charge in [-0.25, -0.2) is 4.39 Å². The number of carboxylic acid groups (broad SMARTS) is 1. The van der Waals surface area contributed by atoms with Gasteiger partial charge < -0.3 is 14.4 Å². The van der Waals surface area contributed by atoms with Gasteiger partial charge in [0.1, 0.15) is 11.6 Å². The number of halogens is 1. The number of hydrogen-bond acceptors (Lipinski definition) is 5. The smallest absolute Gasteiger partial charge is 0.307 e. The summed E-state index contributed by atoms with van der Waals surface area (Å²) in [6, 6.07) is 12.8. The number of aromatic nitrogens is 2. The summed E-state index contributed by atoms with van der Waals surface area (Å²) in [5, 5.41) is 12.5. The summed E-state index contributed by atoms with van der Waals surface area (Å²) in [5.74, 6) is -0.420. The highest BCUT2D eigenvalue weighted by Crippen LogP contribution is 2.20. The van der Waals surface area contributed by atoms with Crippen LogP contribution in [0.15, 0.2) is 53.1 Å². The number of nitrogens with zero attached hydrogens (tertiary/aromatic N) is 2. The van der Waals surface area contributed by atoms with Crippen molar-refractivity contribution in [3.05, 3.63) is 65.8 Å². The number of aliphatic carboxylic acids is 1. The van der Waals surface area contributed by atoms with Crippen LogP contribution in [0.2, 0.25) is 0 Å². The average Bonchev–Trinajstić information content (AvgIpc) is 3.03. The molecule has 0 fully saturated rings. The number of rotatable bonds is 6. The van der Waals surface area contributed by atoms with Crippen LogP contribution in [-0.4, -0.2) is 21.2 Å². The minimum atomic E-state index is -0.893. The molecule has 0 amide bonds. The van der Waals surface area contributed by atoms with Gasteiger partial charge in [0, 0.05) is 0 Å². The molecule has 1 aromatic heterocycles. The van der Waals surface area contributed by atoms with Crippen LogP contribution in [0.25, 0.3) is 11.4 Å². The molecule has 0 radical (unpaired) electrons. The Hall–Kier alpha value is -3.22. The van der Waals surface area contributed by atoms with Crippen molar-refractivity contribution in [1.82, 2.24) is 10.1 Å². The standard InChI is InChI=1S/C17H13FN2O4/c18-14-4-2-1-3-13(14)17-19-15(24-20-17)10-23-12-7-5-11(6-8-12)9-16(21)22/h1-8H,9-10H2,(H,21,22). The van der Waals surface area contributed by atoms with Crippen LogP contribution in [-0.2, 0) is 17.8 Å². The van der Waals surface area contributed by atoms with E-state index < -0.39 is 11.8 Å².